The first kappa shape index (κ1) is 13.4. The molecule has 3 nitrogen and oxygen atoms in total. The molecule has 3 heteroatoms. The average Bonchev–Trinajstić information content (AvgIpc) is 2.40. The van der Waals surface area contributed by atoms with Crippen LogP contribution in [0.25, 0.3) is 0 Å². The molecular formula is C16H19NO2. The van der Waals surface area contributed by atoms with Gasteiger partial charge in [-0.1, -0.05) is 35.9 Å². The van der Waals surface area contributed by atoms with Gasteiger partial charge in [-0.3, -0.25) is 0 Å². The molecule has 0 bridgehead atoms. The van der Waals surface area contributed by atoms with Crippen LogP contribution >= 0.6 is 0 Å². The molecule has 19 heavy (non-hydrogen) atoms. The van der Waals surface area contributed by atoms with Crippen molar-refractivity contribution >= 4 is 0 Å². The highest BCUT2D eigenvalue weighted by Gasteiger charge is 2.05. The molecule has 2 rings (SSSR count). The lowest BCUT2D eigenvalue weighted by Crippen LogP contribution is -2.17. The Morgan fingerprint density at radius 3 is 2.32 bits per heavy atom. The molecule has 0 aliphatic carbocycles. The van der Waals surface area contributed by atoms with E-state index < -0.39 is 0 Å². The van der Waals surface area contributed by atoms with Gasteiger partial charge in [0.25, 0.3) is 0 Å². The monoisotopic (exact) mass is 257 g/mol. The van der Waals surface area contributed by atoms with Crippen molar-refractivity contribution in [3.63, 3.8) is 0 Å². The summed E-state index contributed by atoms with van der Waals surface area (Å²) in [6.07, 6.45) is 0. The lowest BCUT2D eigenvalue weighted by Gasteiger charge is -2.15. The molecule has 0 saturated heterocycles. The summed E-state index contributed by atoms with van der Waals surface area (Å²) in [4.78, 5) is 0. The molecule has 0 unspecified atom stereocenters. The molecule has 3 N–H and O–H groups in total. The number of aryl methyl sites for hydroxylation is 1. The number of benzene rings is 2. The number of phenols is 2. The molecule has 2 aromatic carbocycles. The third kappa shape index (κ3) is 3.48. The van der Waals surface area contributed by atoms with Crippen molar-refractivity contribution in [3.05, 3.63) is 59.2 Å². The molecule has 100 valence electrons. The molecule has 0 aromatic heterocycles. The van der Waals surface area contributed by atoms with E-state index in [2.05, 4.69) is 43.4 Å². The third-order valence-electron chi connectivity index (χ3n) is 3.23. The lowest BCUT2D eigenvalue weighted by molar-refractivity contribution is 0.402. The number of hydrogen-bond acceptors (Lipinski definition) is 3. The first-order valence-corrected chi connectivity index (χ1v) is 6.37. The summed E-state index contributed by atoms with van der Waals surface area (Å²) in [5.74, 6) is -0.169. The molecular weight excluding hydrogens is 238 g/mol. The van der Waals surface area contributed by atoms with Crippen LogP contribution in [0.3, 0.4) is 0 Å². The minimum Gasteiger partial charge on any atom is -0.504 e. The van der Waals surface area contributed by atoms with Crippen LogP contribution in [-0.2, 0) is 6.54 Å². The molecule has 2 aromatic rings. The van der Waals surface area contributed by atoms with Crippen LogP contribution in [-0.4, -0.2) is 10.2 Å². The number of phenolic OH excluding ortho intramolecular Hbond substituents is 2. The fourth-order valence-corrected chi connectivity index (χ4v) is 1.92. The summed E-state index contributed by atoms with van der Waals surface area (Å²) in [7, 11) is 0. The molecule has 0 saturated carbocycles. The van der Waals surface area contributed by atoms with Gasteiger partial charge in [-0.25, -0.2) is 0 Å². The summed E-state index contributed by atoms with van der Waals surface area (Å²) >= 11 is 0. The van der Waals surface area contributed by atoms with E-state index in [9.17, 15) is 10.2 Å². The first-order valence-electron chi connectivity index (χ1n) is 6.37. The lowest BCUT2D eigenvalue weighted by atomic mass is 10.1. The summed E-state index contributed by atoms with van der Waals surface area (Å²) in [5, 5.41) is 22.1. The number of hydrogen-bond donors (Lipinski definition) is 3. The van der Waals surface area contributed by atoms with Gasteiger partial charge in [0, 0.05) is 12.6 Å². The highest BCUT2D eigenvalue weighted by Crippen LogP contribution is 2.25. The van der Waals surface area contributed by atoms with Crippen molar-refractivity contribution < 1.29 is 10.2 Å². The molecule has 0 radical (unpaired) electrons. The van der Waals surface area contributed by atoms with Gasteiger partial charge in [-0.2, -0.15) is 0 Å². The second kappa shape index (κ2) is 5.76. The zero-order chi connectivity index (χ0) is 13.8. The zero-order valence-electron chi connectivity index (χ0n) is 11.2. The summed E-state index contributed by atoms with van der Waals surface area (Å²) in [6.45, 7) is 4.81. The minimum absolute atomic E-state index is 0.0812. The predicted octanol–water partition coefficient (Wildman–Crippen LogP) is 3.26. The minimum atomic E-state index is -0.0877. The fourth-order valence-electron chi connectivity index (χ4n) is 1.92. The second-order valence-electron chi connectivity index (χ2n) is 4.84. The smallest absolute Gasteiger partial charge is 0.157 e. The van der Waals surface area contributed by atoms with Gasteiger partial charge in [0.15, 0.2) is 11.5 Å². The van der Waals surface area contributed by atoms with Crippen molar-refractivity contribution in [1.82, 2.24) is 5.32 Å². The van der Waals surface area contributed by atoms with E-state index >= 15 is 0 Å². The molecule has 0 heterocycles. The maximum absolute atomic E-state index is 9.44. The van der Waals surface area contributed by atoms with Crippen LogP contribution < -0.4 is 5.32 Å². The number of nitrogens with one attached hydrogen (secondary N) is 1. The van der Waals surface area contributed by atoms with Gasteiger partial charge in [0.05, 0.1) is 0 Å². The van der Waals surface area contributed by atoms with Crippen LogP contribution in [0, 0.1) is 6.92 Å². The van der Waals surface area contributed by atoms with Crippen molar-refractivity contribution in [3.8, 4) is 11.5 Å². The van der Waals surface area contributed by atoms with Crippen molar-refractivity contribution in [2.75, 3.05) is 0 Å². The van der Waals surface area contributed by atoms with Gasteiger partial charge in [-0.15, -0.1) is 0 Å². The molecule has 0 spiro atoms. The quantitative estimate of drug-likeness (QED) is 0.737. The summed E-state index contributed by atoms with van der Waals surface area (Å²) in [5.41, 5.74) is 3.42. The van der Waals surface area contributed by atoms with Gasteiger partial charge < -0.3 is 15.5 Å². The number of rotatable bonds is 4. The topological polar surface area (TPSA) is 52.5 Å². The average molecular weight is 257 g/mol. The Morgan fingerprint density at radius 2 is 1.68 bits per heavy atom. The SMILES string of the molecule is Cc1ccc([C@H](C)NCc2ccc(O)c(O)c2)cc1. The van der Waals surface area contributed by atoms with E-state index in [-0.39, 0.29) is 17.5 Å². The number of aromatic hydroxyl groups is 2. The molecule has 1 atom stereocenters. The van der Waals surface area contributed by atoms with Crippen LogP contribution in [0.2, 0.25) is 0 Å². The van der Waals surface area contributed by atoms with E-state index in [1.54, 1.807) is 12.1 Å². The highest BCUT2D eigenvalue weighted by atomic mass is 16.3. The maximum Gasteiger partial charge on any atom is 0.157 e. The van der Waals surface area contributed by atoms with E-state index in [1.807, 2.05) is 0 Å². The standard InChI is InChI=1S/C16H19NO2/c1-11-3-6-14(7-4-11)12(2)17-10-13-5-8-15(18)16(19)9-13/h3-9,12,17-19H,10H2,1-2H3/t12-/m0/s1. The Hall–Kier alpha value is -2.00. The molecule has 0 aliphatic rings. The van der Waals surface area contributed by atoms with E-state index in [4.69, 9.17) is 0 Å². The molecule has 0 aliphatic heterocycles. The Bertz CT molecular complexity index is 549. The van der Waals surface area contributed by atoms with Crippen molar-refractivity contribution in [2.24, 2.45) is 0 Å². The molecule has 0 fully saturated rings. The van der Waals surface area contributed by atoms with Gasteiger partial charge in [0.2, 0.25) is 0 Å². The Kier molecular flexibility index (Phi) is 4.07. The third-order valence-corrected chi connectivity index (χ3v) is 3.23. The van der Waals surface area contributed by atoms with Crippen LogP contribution in [0.15, 0.2) is 42.5 Å². The van der Waals surface area contributed by atoms with Crippen LogP contribution in [0.1, 0.15) is 29.7 Å². The zero-order valence-corrected chi connectivity index (χ0v) is 11.2. The summed E-state index contributed by atoms with van der Waals surface area (Å²) in [6, 6.07) is 13.5. The largest absolute Gasteiger partial charge is 0.504 e. The fraction of sp³-hybridized carbons (Fsp3) is 0.250. The highest BCUT2D eigenvalue weighted by molar-refractivity contribution is 5.40. The van der Waals surface area contributed by atoms with Gasteiger partial charge >= 0.3 is 0 Å². The van der Waals surface area contributed by atoms with E-state index in [0.29, 0.717) is 6.54 Å². The Balaban J connectivity index is 1.98. The van der Waals surface area contributed by atoms with Crippen LogP contribution in [0.5, 0.6) is 11.5 Å². The van der Waals surface area contributed by atoms with Crippen molar-refractivity contribution in [2.45, 2.75) is 26.4 Å². The Morgan fingerprint density at radius 1 is 1.00 bits per heavy atom. The summed E-state index contributed by atoms with van der Waals surface area (Å²) < 4.78 is 0. The molecule has 0 amide bonds. The maximum atomic E-state index is 9.44. The first-order chi connectivity index (χ1) is 9.06. The Labute approximate surface area is 113 Å². The normalized spacial score (nSPS) is 12.3. The van der Waals surface area contributed by atoms with Crippen LogP contribution in [0.4, 0.5) is 0 Å². The van der Waals surface area contributed by atoms with Gasteiger partial charge in [0.1, 0.15) is 0 Å². The predicted molar refractivity (Wildman–Crippen MR) is 76.2 cm³/mol. The van der Waals surface area contributed by atoms with E-state index in [1.165, 1.54) is 17.2 Å². The second-order valence-corrected chi connectivity index (χ2v) is 4.84. The van der Waals surface area contributed by atoms with Crippen molar-refractivity contribution in [1.29, 1.82) is 0 Å². The van der Waals surface area contributed by atoms with Gasteiger partial charge in [-0.05, 0) is 37.1 Å². The van der Waals surface area contributed by atoms with E-state index in [0.717, 1.165) is 5.56 Å².